The minimum Gasteiger partial charge on any atom is -0.439 e. The molecule has 1 fully saturated rings. The van der Waals surface area contributed by atoms with Crippen molar-refractivity contribution >= 4 is 6.03 Å². The van der Waals surface area contributed by atoms with Gasteiger partial charge < -0.3 is 19.2 Å². The van der Waals surface area contributed by atoms with E-state index in [1.54, 1.807) is 6.20 Å². The topological polar surface area (TPSA) is 89.1 Å². The van der Waals surface area contributed by atoms with Gasteiger partial charge in [0.25, 0.3) is 0 Å². The monoisotopic (exact) mass is 406 g/mol. The molecule has 2 aromatic heterocycles. The summed E-state index contributed by atoms with van der Waals surface area (Å²) in [6, 6.07) is 9.53. The Morgan fingerprint density at radius 3 is 2.70 bits per heavy atom. The Hall–Kier alpha value is -3.16. The fraction of sp³-hybridized carbons (Fsp3) is 0.455. The minimum atomic E-state index is -0.140. The summed E-state index contributed by atoms with van der Waals surface area (Å²) in [6.45, 7) is 3.63. The third-order valence-corrected chi connectivity index (χ3v) is 6.20. The van der Waals surface area contributed by atoms with E-state index in [2.05, 4.69) is 25.1 Å². The lowest BCUT2D eigenvalue weighted by Gasteiger charge is -2.34. The Morgan fingerprint density at radius 1 is 1.13 bits per heavy atom. The van der Waals surface area contributed by atoms with Crippen LogP contribution in [0.25, 0.3) is 11.3 Å². The van der Waals surface area contributed by atoms with Gasteiger partial charge in [-0.2, -0.15) is 0 Å². The van der Waals surface area contributed by atoms with Crippen LogP contribution in [0.2, 0.25) is 0 Å². The second-order valence-electron chi connectivity index (χ2n) is 8.06. The van der Waals surface area contributed by atoms with Gasteiger partial charge in [0.2, 0.25) is 5.89 Å². The van der Waals surface area contributed by atoms with Crippen LogP contribution in [0, 0.1) is 0 Å². The van der Waals surface area contributed by atoms with E-state index >= 15 is 0 Å². The third-order valence-electron chi connectivity index (χ3n) is 6.20. The van der Waals surface area contributed by atoms with Crippen LogP contribution in [0.5, 0.6) is 0 Å². The average Bonchev–Trinajstić information content (AvgIpc) is 3.53. The fourth-order valence-electron chi connectivity index (χ4n) is 4.55. The molecule has 2 amide bonds. The quantitative estimate of drug-likeness (QED) is 0.710. The number of amides is 2. The van der Waals surface area contributed by atoms with Crippen molar-refractivity contribution < 1.29 is 9.21 Å². The molecular weight excluding hydrogens is 380 g/mol. The molecule has 0 radical (unpaired) electrons. The zero-order valence-corrected chi connectivity index (χ0v) is 17.1. The van der Waals surface area contributed by atoms with Crippen LogP contribution < -0.4 is 5.32 Å². The lowest BCUT2D eigenvalue weighted by atomic mass is 10.1. The van der Waals surface area contributed by atoms with Gasteiger partial charge in [-0.05, 0) is 19.8 Å². The van der Waals surface area contributed by atoms with E-state index in [9.17, 15) is 4.79 Å². The molecule has 2 aliphatic rings. The number of rotatable bonds is 4. The second kappa shape index (κ2) is 7.93. The molecule has 1 N–H and O–H groups in total. The number of aromatic nitrogens is 4. The summed E-state index contributed by atoms with van der Waals surface area (Å²) in [7, 11) is 0. The van der Waals surface area contributed by atoms with E-state index in [1.165, 1.54) is 25.7 Å². The summed E-state index contributed by atoms with van der Waals surface area (Å²) in [6.07, 6.45) is 6.61. The van der Waals surface area contributed by atoms with Gasteiger partial charge in [-0.15, -0.1) is 10.2 Å². The molecule has 3 heterocycles. The van der Waals surface area contributed by atoms with Crippen molar-refractivity contribution in [3.05, 3.63) is 54.1 Å². The van der Waals surface area contributed by atoms with E-state index in [1.807, 2.05) is 42.2 Å². The summed E-state index contributed by atoms with van der Waals surface area (Å²) < 4.78 is 8.01. The molecule has 1 aliphatic carbocycles. The highest BCUT2D eigenvalue weighted by molar-refractivity contribution is 5.74. The van der Waals surface area contributed by atoms with E-state index in [4.69, 9.17) is 4.42 Å². The number of carbonyl (C=O) groups excluding carboxylic acids is 1. The van der Waals surface area contributed by atoms with Crippen LogP contribution >= 0.6 is 0 Å². The first kappa shape index (κ1) is 18.8. The average molecular weight is 406 g/mol. The van der Waals surface area contributed by atoms with Crippen LogP contribution in [0.4, 0.5) is 4.79 Å². The highest BCUT2D eigenvalue weighted by Crippen LogP contribution is 2.35. The predicted octanol–water partition coefficient (Wildman–Crippen LogP) is 3.88. The lowest BCUT2D eigenvalue weighted by molar-refractivity contribution is 0.158. The van der Waals surface area contributed by atoms with Crippen molar-refractivity contribution in [2.75, 3.05) is 6.54 Å². The summed E-state index contributed by atoms with van der Waals surface area (Å²) in [5, 5.41) is 11.8. The molecule has 156 valence electrons. The SMILES string of the molecule is CC1c2nnc(C3CCCC3)n2CCN1C(=O)NCc1ncc(-c2ccccc2)o1. The van der Waals surface area contributed by atoms with Gasteiger partial charge in [0, 0.05) is 24.6 Å². The second-order valence-corrected chi connectivity index (χ2v) is 8.06. The summed E-state index contributed by atoms with van der Waals surface area (Å²) in [5.41, 5.74) is 0.963. The molecule has 1 saturated carbocycles. The summed E-state index contributed by atoms with van der Waals surface area (Å²) in [5.74, 6) is 3.67. The van der Waals surface area contributed by atoms with Gasteiger partial charge in [-0.25, -0.2) is 9.78 Å². The zero-order chi connectivity index (χ0) is 20.5. The van der Waals surface area contributed by atoms with E-state index < -0.39 is 0 Å². The Bertz CT molecular complexity index is 1020. The van der Waals surface area contributed by atoms with Crippen LogP contribution in [0.15, 0.2) is 40.9 Å². The molecular formula is C22H26N6O2. The van der Waals surface area contributed by atoms with Crippen molar-refractivity contribution in [1.82, 2.24) is 30.0 Å². The molecule has 1 aliphatic heterocycles. The van der Waals surface area contributed by atoms with Crippen LogP contribution in [-0.4, -0.2) is 37.2 Å². The normalized spacial score (nSPS) is 19.1. The van der Waals surface area contributed by atoms with Crippen molar-refractivity contribution in [3.63, 3.8) is 0 Å². The highest BCUT2D eigenvalue weighted by Gasteiger charge is 2.33. The van der Waals surface area contributed by atoms with Crippen molar-refractivity contribution in [3.8, 4) is 11.3 Å². The standard InChI is InChI=1S/C22H26N6O2/c1-15-20-25-26-21(17-9-5-6-10-17)28(20)12-11-27(15)22(29)24-14-19-23-13-18(30-19)16-7-3-2-4-8-16/h2-4,7-8,13,15,17H,5-6,9-12,14H2,1H3,(H,24,29). The van der Waals surface area contributed by atoms with Crippen molar-refractivity contribution in [1.29, 1.82) is 0 Å². The largest absolute Gasteiger partial charge is 0.439 e. The van der Waals surface area contributed by atoms with Gasteiger partial charge in [0.1, 0.15) is 5.82 Å². The molecule has 30 heavy (non-hydrogen) atoms. The molecule has 0 saturated heterocycles. The first-order valence-electron chi connectivity index (χ1n) is 10.7. The van der Waals surface area contributed by atoms with Crippen LogP contribution in [0.3, 0.4) is 0 Å². The third kappa shape index (κ3) is 3.46. The van der Waals surface area contributed by atoms with Gasteiger partial charge >= 0.3 is 6.03 Å². The number of oxazole rings is 1. The predicted molar refractivity (Wildman–Crippen MR) is 111 cm³/mol. The van der Waals surface area contributed by atoms with Crippen LogP contribution in [0.1, 0.15) is 62.1 Å². The Kier molecular flexibility index (Phi) is 4.98. The number of nitrogens with zero attached hydrogens (tertiary/aromatic N) is 5. The van der Waals surface area contributed by atoms with Gasteiger partial charge in [0.05, 0.1) is 18.8 Å². The van der Waals surface area contributed by atoms with Crippen molar-refractivity contribution in [2.45, 2.75) is 57.7 Å². The number of hydrogen-bond acceptors (Lipinski definition) is 5. The highest BCUT2D eigenvalue weighted by atomic mass is 16.4. The number of hydrogen-bond donors (Lipinski definition) is 1. The number of urea groups is 1. The zero-order valence-electron chi connectivity index (χ0n) is 17.1. The number of benzene rings is 1. The van der Waals surface area contributed by atoms with Crippen LogP contribution in [-0.2, 0) is 13.1 Å². The molecule has 0 bridgehead atoms. The Balaban J connectivity index is 1.23. The molecule has 1 aromatic carbocycles. The molecule has 1 unspecified atom stereocenters. The van der Waals surface area contributed by atoms with Gasteiger partial charge in [0.15, 0.2) is 11.6 Å². The van der Waals surface area contributed by atoms with E-state index in [-0.39, 0.29) is 18.6 Å². The maximum absolute atomic E-state index is 12.8. The van der Waals surface area contributed by atoms with E-state index in [0.717, 1.165) is 23.8 Å². The Labute approximate surface area is 175 Å². The Morgan fingerprint density at radius 2 is 1.90 bits per heavy atom. The molecule has 8 heteroatoms. The smallest absolute Gasteiger partial charge is 0.318 e. The summed E-state index contributed by atoms with van der Waals surface area (Å²) >= 11 is 0. The molecule has 5 rings (SSSR count). The fourth-order valence-corrected chi connectivity index (χ4v) is 4.55. The molecule has 0 spiro atoms. The minimum absolute atomic E-state index is 0.120. The maximum Gasteiger partial charge on any atom is 0.318 e. The number of carbonyl (C=O) groups is 1. The number of nitrogens with one attached hydrogen (secondary N) is 1. The van der Waals surface area contributed by atoms with E-state index in [0.29, 0.717) is 24.1 Å². The van der Waals surface area contributed by atoms with Gasteiger partial charge in [-0.3, -0.25) is 0 Å². The lowest BCUT2D eigenvalue weighted by Crippen LogP contribution is -2.46. The first-order chi connectivity index (χ1) is 14.7. The molecule has 8 nitrogen and oxygen atoms in total. The number of fused-ring (bicyclic) bond motifs is 1. The maximum atomic E-state index is 12.8. The molecule has 1 atom stereocenters. The molecule has 3 aromatic rings. The summed E-state index contributed by atoms with van der Waals surface area (Å²) in [4.78, 5) is 18.9. The van der Waals surface area contributed by atoms with Gasteiger partial charge in [-0.1, -0.05) is 43.2 Å². The first-order valence-corrected chi connectivity index (χ1v) is 10.7. The van der Waals surface area contributed by atoms with Crippen molar-refractivity contribution in [2.24, 2.45) is 0 Å².